The molecule has 0 aliphatic heterocycles. The number of Topliss-reactive ketones (excluding diaryl/α,β-unsaturated/α-hetero) is 1. The molecule has 17 heavy (non-hydrogen) atoms. The normalized spacial score (nSPS) is 46.0. The Bertz CT molecular complexity index is 323. The molecule has 0 unspecified atom stereocenters. The average molecular weight is 238 g/mol. The van der Waals surface area contributed by atoms with Crippen LogP contribution in [0.2, 0.25) is 0 Å². The van der Waals surface area contributed by atoms with E-state index in [0.717, 1.165) is 32.1 Å². The number of carbonyl (C=O) groups excluding carboxylic acids is 1. The van der Waals surface area contributed by atoms with E-state index >= 15 is 0 Å². The van der Waals surface area contributed by atoms with Crippen molar-refractivity contribution in [2.24, 2.45) is 23.2 Å². The maximum Gasteiger partial charge on any atom is 0.139 e. The van der Waals surface area contributed by atoms with Crippen LogP contribution in [0.4, 0.5) is 0 Å². The molecule has 98 valence electrons. The molecule has 2 aliphatic rings. The molecule has 2 fully saturated rings. The van der Waals surface area contributed by atoms with Crippen molar-refractivity contribution < 1.29 is 9.90 Å². The zero-order chi connectivity index (χ0) is 12.8. The van der Waals surface area contributed by atoms with Gasteiger partial charge in [-0.2, -0.15) is 0 Å². The van der Waals surface area contributed by atoms with Crippen molar-refractivity contribution in [3.8, 4) is 0 Å². The monoisotopic (exact) mass is 238 g/mol. The summed E-state index contributed by atoms with van der Waals surface area (Å²) in [6, 6.07) is 0. The van der Waals surface area contributed by atoms with Crippen molar-refractivity contribution in [3.05, 3.63) is 0 Å². The molecule has 0 radical (unpaired) electrons. The Balaban J connectivity index is 2.35. The minimum Gasteiger partial charge on any atom is -0.389 e. The van der Waals surface area contributed by atoms with E-state index in [9.17, 15) is 9.90 Å². The zero-order valence-electron chi connectivity index (χ0n) is 11.6. The number of fused-ring (bicyclic) bond motifs is 1. The number of ketones is 1. The van der Waals surface area contributed by atoms with Gasteiger partial charge in [0.05, 0.1) is 5.60 Å². The number of hydrogen-bond acceptors (Lipinski definition) is 2. The Morgan fingerprint density at radius 2 is 1.94 bits per heavy atom. The Kier molecular flexibility index (Phi) is 3.14. The van der Waals surface area contributed by atoms with E-state index in [-0.39, 0.29) is 17.3 Å². The number of carbonyl (C=O) groups is 1. The van der Waals surface area contributed by atoms with Gasteiger partial charge in [0, 0.05) is 17.3 Å². The smallest absolute Gasteiger partial charge is 0.139 e. The predicted octanol–water partition coefficient (Wildman–Crippen LogP) is 3.18. The van der Waals surface area contributed by atoms with E-state index < -0.39 is 5.60 Å². The summed E-state index contributed by atoms with van der Waals surface area (Å²) in [4.78, 5) is 12.4. The fourth-order valence-corrected chi connectivity index (χ4v) is 4.31. The molecular weight excluding hydrogens is 212 g/mol. The average Bonchev–Trinajstić information content (AvgIpc) is 2.53. The summed E-state index contributed by atoms with van der Waals surface area (Å²) in [6.45, 7) is 8.35. The first-order chi connectivity index (χ1) is 7.83. The van der Waals surface area contributed by atoms with Gasteiger partial charge in [0.15, 0.2) is 0 Å². The van der Waals surface area contributed by atoms with Crippen LogP contribution >= 0.6 is 0 Å². The maximum atomic E-state index is 12.4. The van der Waals surface area contributed by atoms with E-state index in [1.807, 2.05) is 13.8 Å². The van der Waals surface area contributed by atoms with Gasteiger partial charge < -0.3 is 5.11 Å². The highest BCUT2D eigenvalue weighted by atomic mass is 16.3. The van der Waals surface area contributed by atoms with Crippen LogP contribution in [-0.2, 0) is 4.79 Å². The second kappa shape index (κ2) is 4.08. The molecule has 1 N–H and O–H groups in total. The molecule has 0 aromatic rings. The van der Waals surface area contributed by atoms with E-state index in [1.165, 1.54) is 0 Å². The minimum atomic E-state index is -0.583. The Morgan fingerprint density at radius 1 is 1.29 bits per heavy atom. The Hall–Kier alpha value is -0.370. The van der Waals surface area contributed by atoms with Crippen molar-refractivity contribution in [2.75, 3.05) is 0 Å². The highest BCUT2D eigenvalue weighted by Gasteiger charge is 2.61. The van der Waals surface area contributed by atoms with E-state index in [2.05, 4.69) is 13.8 Å². The van der Waals surface area contributed by atoms with Gasteiger partial charge in [-0.05, 0) is 31.6 Å². The summed E-state index contributed by atoms with van der Waals surface area (Å²) in [5.74, 6) is 0.977. The summed E-state index contributed by atoms with van der Waals surface area (Å²) in [6.07, 6.45) is 4.84. The van der Waals surface area contributed by atoms with Crippen molar-refractivity contribution in [3.63, 3.8) is 0 Å². The van der Waals surface area contributed by atoms with Gasteiger partial charge in [0.2, 0.25) is 0 Å². The topological polar surface area (TPSA) is 37.3 Å². The summed E-state index contributed by atoms with van der Waals surface area (Å²) < 4.78 is 0. The van der Waals surface area contributed by atoms with Crippen LogP contribution in [-0.4, -0.2) is 16.5 Å². The van der Waals surface area contributed by atoms with E-state index in [1.54, 1.807) is 0 Å². The number of rotatable bonds is 2. The lowest BCUT2D eigenvalue weighted by Crippen LogP contribution is -2.53. The first-order valence-electron chi connectivity index (χ1n) is 7.09. The number of aliphatic hydroxyl groups is 1. The van der Waals surface area contributed by atoms with Crippen LogP contribution in [0, 0.1) is 23.2 Å². The van der Waals surface area contributed by atoms with Gasteiger partial charge in [-0.25, -0.2) is 0 Å². The molecule has 0 saturated heterocycles. The summed E-state index contributed by atoms with van der Waals surface area (Å²) in [5.41, 5.74) is -0.771. The quantitative estimate of drug-likeness (QED) is 0.802. The standard InChI is InChI=1S/C15H26O2/c1-10(2)13(16)12-7-9-15(17)8-5-6-11(3)14(12,15)4/h10-12,17H,5-9H2,1-4H3/t11-,12+,14-,15+/m1/s1. The van der Waals surface area contributed by atoms with Gasteiger partial charge in [0.25, 0.3) is 0 Å². The zero-order valence-corrected chi connectivity index (χ0v) is 11.6. The predicted molar refractivity (Wildman–Crippen MR) is 68.6 cm³/mol. The second-order valence-electron chi connectivity index (χ2n) is 6.76. The van der Waals surface area contributed by atoms with E-state index in [0.29, 0.717) is 11.7 Å². The van der Waals surface area contributed by atoms with Gasteiger partial charge >= 0.3 is 0 Å². The largest absolute Gasteiger partial charge is 0.389 e. The summed E-state index contributed by atoms with van der Waals surface area (Å²) >= 11 is 0. The van der Waals surface area contributed by atoms with Gasteiger partial charge in [0.1, 0.15) is 5.78 Å². The molecule has 0 aromatic heterocycles. The molecular formula is C15H26O2. The molecule has 2 heteroatoms. The van der Waals surface area contributed by atoms with Crippen molar-refractivity contribution in [1.82, 2.24) is 0 Å². The lowest BCUT2D eigenvalue weighted by atomic mass is 9.56. The Labute approximate surface area is 105 Å². The third-order valence-corrected chi connectivity index (χ3v) is 5.74. The van der Waals surface area contributed by atoms with Crippen molar-refractivity contribution in [1.29, 1.82) is 0 Å². The third kappa shape index (κ3) is 1.68. The number of hydrogen-bond donors (Lipinski definition) is 1. The third-order valence-electron chi connectivity index (χ3n) is 5.74. The fraction of sp³-hybridized carbons (Fsp3) is 0.933. The molecule has 2 saturated carbocycles. The van der Waals surface area contributed by atoms with Gasteiger partial charge in [-0.1, -0.05) is 34.1 Å². The molecule has 0 amide bonds. The lowest BCUT2D eigenvalue weighted by molar-refractivity contribution is -0.150. The van der Waals surface area contributed by atoms with Crippen molar-refractivity contribution in [2.45, 2.75) is 65.4 Å². The highest BCUT2D eigenvalue weighted by molar-refractivity contribution is 5.84. The van der Waals surface area contributed by atoms with Gasteiger partial charge in [-0.15, -0.1) is 0 Å². The minimum absolute atomic E-state index is 0.0720. The van der Waals surface area contributed by atoms with Crippen LogP contribution in [0.25, 0.3) is 0 Å². The van der Waals surface area contributed by atoms with Crippen LogP contribution in [0.3, 0.4) is 0 Å². The van der Waals surface area contributed by atoms with E-state index in [4.69, 9.17) is 0 Å². The fourth-order valence-electron chi connectivity index (χ4n) is 4.31. The highest BCUT2D eigenvalue weighted by Crippen LogP contribution is 2.60. The van der Waals surface area contributed by atoms with Crippen LogP contribution < -0.4 is 0 Å². The molecule has 0 aromatic carbocycles. The molecule has 0 spiro atoms. The maximum absolute atomic E-state index is 12.4. The molecule has 2 aliphatic carbocycles. The van der Waals surface area contributed by atoms with Crippen LogP contribution in [0.15, 0.2) is 0 Å². The van der Waals surface area contributed by atoms with Gasteiger partial charge in [-0.3, -0.25) is 4.79 Å². The lowest BCUT2D eigenvalue weighted by Gasteiger charge is -2.51. The molecule has 4 atom stereocenters. The molecule has 0 heterocycles. The first-order valence-corrected chi connectivity index (χ1v) is 7.09. The second-order valence-corrected chi connectivity index (χ2v) is 6.76. The molecule has 2 nitrogen and oxygen atoms in total. The first kappa shape index (κ1) is 13.1. The molecule has 0 bridgehead atoms. The molecule has 2 rings (SSSR count). The SMILES string of the molecule is CC(C)C(=O)[C@@H]1CC[C@@]2(O)CCC[C@@H](C)[C@]12C. The van der Waals surface area contributed by atoms with Crippen LogP contribution in [0.1, 0.15) is 59.8 Å². The van der Waals surface area contributed by atoms with Crippen molar-refractivity contribution >= 4 is 5.78 Å². The van der Waals surface area contributed by atoms with Crippen LogP contribution in [0.5, 0.6) is 0 Å². The summed E-state index contributed by atoms with van der Waals surface area (Å²) in [5, 5.41) is 10.9. The Morgan fingerprint density at radius 3 is 2.53 bits per heavy atom. The summed E-state index contributed by atoms with van der Waals surface area (Å²) in [7, 11) is 0.